The molecule has 0 bridgehead atoms. The summed E-state index contributed by atoms with van der Waals surface area (Å²) in [5, 5.41) is 4.14. The minimum absolute atomic E-state index is 0.171. The predicted molar refractivity (Wildman–Crippen MR) is 119 cm³/mol. The number of hydrogen-bond donors (Lipinski definition) is 2. The second-order valence-electron chi connectivity index (χ2n) is 8.28. The van der Waals surface area contributed by atoms with Gasteiger partial charge in [-0.15, -0.1) is 0 Å². The third kappa shape index (κ3) is 5.11. The molecule has 1 atom stereocenters. The number of rotatable bonds is 5. The summed E-state index contributed by atoms with van der Waals surface area (Å²) < 4.78 is 0. The molecule has 0 spiro atoms. The molecule has 0 saturated carbocycles. The summed E-state index contributed by atoms with van der Waals surface area (Å²) in [6.07, 6.45) is 4.21. The number of likely N-dealkylation sites (tertiary alicyclic amines) is 1. The van der Waals surface area contributed by atoms with E-state index in [9.17, 15) is 14.4 Å². The lowest BCUT2D eigenvalue weighted by Crippen LogP contribution is -2.50. The summed E-state index contributed by atoms with van der Waals surface area (Å²) in [5.74, 6) is -0.589. The summed E-state index contributed by atoms with van der Waals surface area (Å²) in [6.45, 7) is 4.36. The summed E-state index contributed by atoms with van der Waals surface area (Å²) in [5.41, 5.74) is 5.54. The van der Waals surface area contributed by atoms with Crippen molar-refractivity contribution in [2.45, 2.75) is 51.6 Å². The van der Waals surface area contributed by atoms with Crippen LogP contribution in [-0.4, -0.2) is 35.2 Å². The van der Waals surface area contributed by atoms with Gasteiger partial charge >= 0.3 is 0 Å². The molecule has 2 aliphatic rings. The van der Waals surface area contributed by atoms with E-state index in [0.717, 1.165) is 18.8 Å². The van der Waals surface area contributed by atoms with Crippen molar-refractivity contribution in [3.05, 3.63) is 59.7 Å². The fourth-order valence-corrected chi connectivity index (χ4v) is 4.07. The Balaban J connectivity index is 1.35. The van der Waals surface area contributed by atoms with E-state index < -0.39 is 0 Å². The molecule has 162 valence electrons. The van der Waals surface area contributed by atoms with E-state index in [-0.39, 0.29) is 30.6 Å². The van der Waals surface area contributed by atoms with Gasteiger partial charge in [0, 0.05) is 36.7 Å². The summed E-state index contributed by atoms with van der Waals surface area (Å²) in [7, 11) is 0. The average molecular weight is 421 g/mol. The van der Waals surface area contributed by atoms with E-state index in [2.05, 4.69) is 34.7 Å². The highest BCUT2D eigenvalue weighted by Crippen LogP contribution is 2.21. The van der Waals surface area contributed by atoms with Gasteiger partial charge in [0.2, 0.25) is 11.8 Å². The van der Waals surface area contributed by atoms with Crippen LogP contribution in [0.5, 0.6) is 0 Å². The Kier molecular flexibility index (Phi) is 6.32. The lowest BCUT2D eigenvalue weighted by atomic mass is 10.0. The van der Waals surface area contributed by atoms with E-state index in [1.165, 1.54) is 29.8 Å². The standard InChI is InChI=1S/C24H28N4O3/c1-17-4-2-3-15-27(17)16-18-5-9-20(10-6-18)25-24(31)19-7-11-21(12-8-19)28-23(30)14-13-22(29)26-28/h5-12,17H,2-4,13-16H2,1H3,(H,25,31)(H,26,29). The van der Waals surface area contributed by atoms with Crippen molar-refractivity contribution >= 4 is 29.1 Å². The molecule has 7 heteroatoms. The molecule has 2 N–H and O–H groups in total. The summed E-state index contributed by atoms with van der Waals surface area (Å²) in [6, 6.07) is 15.2. The quantitative estimate of drug-likeness (QED) is 0.776. The van der Waals surface area contributed by atoms with Crippen LogP contribution >= 0.6 is 0 Å². The molecule has 2 fully saturated rings. The number of nitrogens with zero attached hydrogens (tertiary/aromatic N) is 2. The molecule has 2 saturated heterocycles. The van der Waals surface area contributed by atoms with Crippen molar-refractivity contribution < 1.29 is 14.4 Å². The molecule has 31 heavy (non-hydrogen) atoms. The fraction of sp³-hybridized carbons (Fsp3) is 0.375. The molecule has 2 aromatic rings. The van der Waals surface area contributed by atoms with Crippen molar-refractivity contribution in [1.82, 2.24) is 10.3 Å². The van der Waals surface area contributed by atoms with Crippen LogP contribution in [0, 0.1) is 0 Å². The first kappa shape index (κ1) is 21.1. The Bertz CT molecular complexity index is 956. The topological polar surface area (TPSA) is 81.8 Å². The number of amides is 3. The fourth-order valence-electron chi connectivity index (χ4n) is 4.07. The van der Waals surface area contributed by atoms with Crippen molar-refractivity contribution in [3.63, 3.8) is 0 Å². The third-order valence-corrected chi connectivity index (χ3v) is 5.98. The molecule has 3 amide bonds. The molecule has 4 rings (SSSR count). The average Bonchev–Trinajstić information content (AvgIpc) is 2.78. The lowest BCUT2D eigenvalue weighted by Gasteiger charge is -2.33. The molecule has 2 heterocycles. The second-order valence-corrected chi connectivity index (χ2v) is 8.28. The first-order chi connectivity index (χ1) is 15.0. The monoisotopic (exact) mass is 420 g/mol. The molecule has 0 aromatic heterocycles. The van der Waals surface area contributed by atoms with Gasteiger partial charge in [0.1, 0.15) is 0 Å². The van der Waals surface area contributed by atoms with Crippen LogP contribution in [0.15, 0.2) is 48.5 Å². The van der Waals surface area contributed by atoms with Gasteiger partial charge in [-0.2, -0.15) is 0 Å². The van der Waals surface area contributed by atoms with Crippen LogP contribution in [0.1, 0.15) is 54.9 Å². The van der Waals surface area contributed by atoms with Gasteiger partial charge in [0.25, 0.3) is 5.91 Å². The Morgan fingerprint density at radius 1 is 1.03 bits per heavy atom. The van der Waals surface area contributed by atoms with Crippen molar-refractivity contribution in [2.24, 2.45) is 0 Å². The zero-order valence-electron chi connectivity index (χ0n) is 17.8. The Morgan fingerprint density at radius 2 is 1.77 bits per heavy atom. The maximum absolute atomic E-state index is 12.6. The number of carbonyl (C=O) groups excluding carboxylic acids is 3. The van der Waals surface area contributed by atoms with Gasteiger partial charge in [-0.25, -0.2) is 5.01 Å². The van der Waals surface area contributed by atoms with Crippen LogP contribution < -0.4 is 15.8 Å². The van der Waals surface area contributed by atoms with Crippen LogP contribution in [0.4, 0.5) is 11.4 Å². The number of hydrazine groups is 1. The van der Waals surface area contributed by atoms with Crippen LogP contribution in [0.25, 0.3) is 0 Å². The SMILES string of the molecule is CC1CCCCN1Cc1ccc(NC(=O)c2ccc(N3NC(=O)CCC3=O)cc2)cc1. The zero-order chi connectivity index (χ0) is 21.8. The largest absolute Gasteiger partial charge is 0.322 e. The molecular weight excluding hydrogens is 392 g/mol. The predicted octanol–water partition coefficient (Wildman–Crippen LogP) is 3.47. The van der Waals surface area contributed by atoms with Gasteiger partial charge in [-0.3, -0.25) is 24.7 Å². The second kappa shape index (κ2) is 9.31. The normalized spacial score (nSPS) is 19.8. The number of benzene rings is 2. The van der Waals surface area contributed by atoms with E-state index in [1.807, 2.05) is 12.1 Å². The molecule has 7 nitrogen and oxygen atoms in total. The van der Waals surface area contributed by atoms with Gasteiger partial charge in [-0.05, 0) is 68.3 Å². The highest BCUT2D eigenvalue weighted by Gasteiger charge is 2.24. The number of anilines is 2. The number of carbonyl (C=O) groups is 3. The van der Waals surface area contributed by atoms with Crippen LogP contribution in [0.2, 0.25) is 0 Å². The van der Waals surface area contributed by atoms with E-state index in [0.29, 0.717) is 17.3 Å². The number of hydrogen-bond acceptors (Lipinski definition) is 4. The highest BCUT2D eigenvalue weighted by atomic mass is 16.2. The molecule has 2 aliphatic heterocycles. The summed E-state index contributed by atoms with van der Waals surface area (Å²) in [4.78, 5) is 38.7. The van der Waals surface area contributed by atoms with E-state index in [1.54, 1.807) is 24.3 Å². The van der Waals surface area contributed by atoms with Gasteiger partial charge in [-0.1, -0.05) is 18.6 Å². The van der Waals surface area contributed by atoms with Gasteiger partial charge < -0.3 is 5.32 Å². The zero-order valence-corrected chi connectivity index (χ0v) is 17.8. The van der Waals surface area contributed by atoms with E-state index >= 15 is 0 Å². The van der Waals surface area contributed by atoms with Crippen molar-refractivity contribution in [3.8, 4) is 0 Å². The van der Waals surface area contributed by atoms with Crippen LogP contribution in [0.3, 0.4) is 0 Å². The first-order valence-electron chi connectivity index (χ1n) is 10.9. The molecular formula is C24H28N4O3. The third-order valence-electron chi connectivity index (χ3n) is 5.98. The molecule has 0 radical (unpaired) electrons. The van der Waals surface area contributed by atoms with Crippen LogP contribution in [-0.2, 0) is 16.1 Å². The minimum Gasteiger partial charge on any atom is -0.322 e. The lowest BCUT2D eigenvalue weighted by molar-refractivity contribution is -0.130. The molecule has 2 aromatic carbocycles. The Morgan fingerprint density at radius 3 is 2.48 bits per heavy atom. The summed E-state index contributed by atoms with van der Waals surface area (Å²) >= 11 is 0. The number of nitrogens with one attached hydrogen (secondary N) is 2. The van der Waals surface area contributed by atoms with Gasteiger partial charge in [0.05, 0.1) is 5.69 Å². The van der Waals surface area contributed by atoms with Gasteiger partial charge in [0.15, 0.2) is 0 Å². The smallest absolute Gasteiger partial charge is 0.255 e. The number of piperidine rings is 1. The molecule has 0 aliphatic carbocycles. The maximum Gasteiger partial charge on any atom is 0.255 e. The van der Waals surface area contributed by atoms with Crippen molar-refractivity contribution in [2.75, 3.05) is 16.9 Å². The van der Waals surface area contributed by atoms with E-state index in [4.69, 9.17) is 0 Å². The first-order valence-corrected chi connectivity index (χ1v) is 10.9. The van der Waals surface area contributed by atoms with Crippen molar-refractivity contribution in [1.29, 1.82) is 0 Å². The molecule has 1 unspecified atom stereocenters. The Labute approximate surface area is 182 Å². The highest BCUT2D eigenvalue weighted by molar-refractivity contribution is 6.05. The Hall–Kier alpha value is -3.19. The maximum atomic E-state index is 12.6. The minimum atomic E-state index is -0.224.